The molecule has 0 fully saturated rings. The minimum Gasteiger partial charge on any atom is -0.377 e. The normalized spacial score (nSPS) is 12.1. The number of halogens is 1. The molecule has 1 aromatic carbocycles. The summed E-state index contributed by atoms with van der Waals surface area (Å²) in [7, 11) is 0. The largest absolute Gasteiger partial charge is 0.377 e. The highest BCUT2D eigenvalue weighted by molar-refractivity contribution is 6.30. The molecule has 0 saturated heterocycles. The van der Waals surface area contributed by atoms with Crippen molar-refractivity contribution in [3.8, 4) is 0 Å². The van der Waals surface area contributed by atoms with E-state index in [9.17, 15) is 0 Å². The van der Waals surface area contributed by atoms with Crippen molar-refractivity contribution < 1.29 is 0 Å². The van der Waals surface area contributed by atoms with Crippen LogP contribution < -0.4 is 5.32 Å². The molecule has 16 heavy (non-hydrogen) atoms. The predicted octanol–water partition coefficient (Wildman–Crippen LogP) is 3.91. The fourth-order valence-corrected chi connectivity index (χ4v) is 1.72. The van der Waals surface area contributed by atoms with Crippen molar-refractivity contribution >= 4 is 17.3 Å². The van der Waals surface area contributed by atoms with Gasteiger partial charge in [0.15, 0.2) is 0 Å². The lowest BCUT2D eigenvalue weighted by Gasteiger charge is -2.14. The summed E-state index contributed by atoms with van der Waals surface area (Å²) >= 11 is 5.92. The molecule has 82 valence electrons. The molecular weight excluding hydrogens is 220 g/mol. The Morgan fingerprint density at radius 1 is 1.19 bits per heavy atom. The lowest BCUT2D eigenvalue weighted by molar-refractivity contribution is 0.839. The van der Waals surface area contributed by atoms with E-state index >= 15 is 0 Å². The Hall–Kier alpha value is -1.54. The molecule has 0 aliphatic rings. The van der Waals surface area contributed by atoms with Crippen molar-refractivity contribution in [2.45, 2.75) is 13.0 Å². The van der Waals surface area contributed by atoms with Gasteiger partial charge in [-0.15, -0.1) is 0 Å². The molecule has 0 bridgehead atoms. The second-order valence-corrected chi connectivity index (χ2v) is 4.07. The first kappa shape index (κ1) is 11.0. The summed E-state index contributed by atoms with van der Waals surface area (Å²) in [5.41, 5.74) is 2.02. The number of nitrogens with one attached hydrogen (secondary N) is 1. The van der Waals surface area contributed by atoms with E-state index in [2.05, 4.69) is 17.2 Å². The van der Waals surface area contributed by atoms with E-state index in [-0.39, 0.29) is 6.04 Å². The van der Waals surface area contributed by atoms with Crippen LogP contribution in [-0.4, -0.2) is 4.98 Å². The zero-order chi connectivity index (χ0) is 11.4. The Morgan fingerprint density at radius 3 is 2.75 bits per heavy atom. The molecule has 0 aliphatic heterocycles. The molecule has 0 saturated carbocycles. The smallest absolute Gasteiger partial charge is 0.0657 e. The maximum Gasteiger partial charge on any atom is 0.0657 e. The lowest BCUT2D eigenvalue weighted by Crippen LogP contribution is -2.07. The first-order chi connectivity index (χ1) is 7.75. The Labute approximate surface area is 100 Å². The van der Waals surface area contributed by atoms with E-state index in [1.54, 1.807) is 6.20 Å². The quantitative estimate of drug-likeness (QED) is 0.868. The van der Waals surface area contributed by atoms with Gasteiger partial charge in [0.2, 0.25) is 0 Å². The first-order valence-electron chi connectivity index (χ1n) is 5.19. The molecular formula is C13H13ClN2. The van der Waals surface area contributed by atoms with E-state index in [1.807, 2.05) is 42.5 Å². The van der Waals surface area contributed by atoms with E-state index in [4.69, 9.17) is 11.6 Å². The van der Waals surface area contributed by atoms with E-state index in [0.29, 0.717) is 0 Å². The van der Waals surface area contributed by atoms with Gasteiger partial charge in [0.1, 0.15) is 0 Å². The highest BCUT2D eigenvalue weighted by atomic mass is 35.5. The van der Waals surface area contributed by atoms with Crippen LogP contribution in [0, 0.1) is 0 Å². The summed E-state index contributed by atoms with van der Waals surface area (Å²) in [5, 5.41) is 4.09. The minimum atomic E-state index is 0.166. The number of anilines is 1. The van der Waals surface area contributed by atoms with Gasteiger partial charge in [-0.05, 0) is 37.3 Å². The number of rotatable bonds is 3. The molecule has 1 unspecified atom stereocenters. The van der Waals surface area contributed by atoms with Gasteiger partial charge < -0.3 is 5.32 Å². The van der Waals surface area contributed by atoms with Crippen LogP contribution in [0.4, 0.5) is 5.69 Å². The van der Waals surface area contributed by atoms with Crippen molar-refractivity contribution in [2.24, 2.45) is 0 Å². The lowest BCUT2D eigenvalue weighted by atomic mass is 10.2. The molecule has 1 heterocycles. The molecule has 2 rings (SSSR count). The summed E-state index contributed by atoms with van der Waals surface area (Å²) in [6, 6.07) is 13.7. The van der Waals surface area contributed by atoms with E-state index in [1.165, 1.54) is 0 Å². The summed E-state index contributed by atoms with van der Waals surface area (Å²) in [6.07, 6.45) is 1.80. The molecule has 3 heteroatoms. The van der Waals surface area contributed by atoms with Crippen LogP contribution in [0.2, 0.25) is 5.02 Å². The van der Waals surface area contributed by atoms with Crippen LogP contribution in [0.15, 0.2) is 48.7 Å². The Bertz CT molecular complexity index is 456. The molecule has 1 atom stereocenters. The fraction of sp³-hybridized carbons (Fsp3) is 0.154. The molecule has 1 aromatic heterocycles. The van der Waals surface area contributed by atoms with Gasteiger partial charge in [-0.25, -0.2) is 0 Å². The third kappa shape index (κ3) is 2.74. The second kappa shape index (κ2) is 4.99. The Kier molecular flexibility index (Phi) is 3.42. The maximum atomic E-state index is 5.92. The summed E-state index contributed by atoms with van der Waals surface area (Å²) in [4.78, 5) is 4.30. The second-order valence-electron chi connectivity index (χ2n) is 3.63. The average Bonchev–Trinajstić information content (AvgIpc) is 2.30. The van der Waals surface area contributed by atoms with Gasteiger partial charge in [-0.3, -0.25) is 4.98 Å². The molecule has 0 aliphatic carbocycles. The van der Waals surface area contributed by atoms with Gasteiger partial charge in [0, 0.05) is 16.9 Å². The molecule has 0 amide bonds. The SMILES string of the molecule is CC(Nc1cccc(Cl)c1)c1ccccn1. The molecule has 2 nitrogen and oxygen atoms in total. The number of aromatic nitrogens is 1. The number of pyridine rings is 1. The van der Waals surface area contributed by atoms with Crippen LogP contribution in [0.5, 0.6) is 0 Å². The van der Waals surface area contributed by atoms with Crippen LogP contribution in [0.25, 0.3) is 0 Å². The van der Waals surface area contributed by atoms with Crippen LogP contribution in [0.3, 0.4) is 0 Å². The highest BCUT2D eigenvalue weighted by Gasteiger charge is 2.05. The average molecular weight is 233 g/mol. The van der Waals surface area contributed by atoms with Gasteiger partial charge in [-0.2, -0.15) is 0 Å². The first-order valence-corrected chi connectivity index (χ1v) is 5.56. The minimum absolute atomic E-state index is 0.166. The van der Waals surface area contributed by atoms with Crippen LogP contribution in [0.1, 0.15) is 18.7 Å². The molecule has 0 spiro atoms. The van der Waals surface area contributed by atoms with Gasteiger partial charge in [0.05, 0.1) is 11.7 Å². The van der Waals surface area contributed by atoms with Crippen LogP contribution in [-0.2, 0) is 0 Å². The predicted molar refractivity (Wildman–Crippen MR) is 67.7 cm³/mol. The number of hydrogen-bond donors (Lipinski definition) is 1. The van der Waals surface area contributed by atoms with Crippen molar-refractivity contribution in [2.75, 3.05) is 5.32 Å². The van der Waals surface area contributed by atoms with Crippen molar-refractivity contribution in [3.63, 3.8) is 0 Å². The summed E-state index contributed by atoms with van der Waals surface area (Å²) < 4.78 is 0. The zero-order valence-corrected chi connectivity index (χ0v) is 9.78. The third-order valence-corrected chi connectivity index (χ3v) is 2.57. The fourth-order valence-electron chi connectivity index (χ4n) is 1.53. The van der Waals surface area contributed by atoms with Crippen LogP contribution >= 0.6 is 11.6 Å². The highest BCUT2D eigenvalue weighted by Crippen LogP contribution is 2.20. The van der Waals surface area contributed by atoms with Gasteiger partial charge in [0.25, 0.3) is 0 Å². The standard InChI is InChI=1S/C13H13ClN2/c1-10(13-7-2-3-8-15-13)16-12-6-4-5-11(14)9-12/h2-10,16H,1H3. The van der Waals surface area contributed by atoms with E-state index < -0.39 is 0 Å². The number of nitrogens with zero attached hydrogens (tertiary/aromatic N) is 1. The van der Waals surface area contributed by atoms with Gasteiger partial charge >= 0.3 is 0 Å². The molecule has 0 radical (unpaired) electrons. The molecule has 1 N–H and O–H groups in total. The van der Waals surface area contributed by atoms with Crippen molar-refractivity contribution in [3.05, 3.63) is 59.4 Å². The Balaban J connectivity index is 2.11. The maximum absolute atomic E-state index is 5.92. The summed E-state index contributed by atoms with van der Waals surface area (Å²) in [5.74, 6) is 0. The number of benzene rings is 1. The van der Waals surface area contributed by atoms with Gasteiger partial charge in [-0.1, -0.05) is 23.7 Å². The Morgan fingerprint density at radius 2 is 2.06 bits per heavy atom. The third-order valence-electron chi connectivity index (χ3n) is 2.34. The van der Waals surface area contributed by atoms with E-state index in [0.717, 1.165) is 16.4 Å². The topological polar surface area (TPSA) is 24.9 Å². The van der Waals surface area contributed by atoms with Crippen molar-refractivity contribution in [1.82, 2.24) is 4.98 Å². The summed E-state index contributed by atoms with van der Waals surface area (Å²) in [6.45, 7) is 2.07. The number of hydrogen-bond acceptors (Lipinski definition) is 2. The monoisotopic (exact) mass is 232 g/mol. The molecule has 2 aromatic rings. The zero-order valence-electron chi connectivity index (χ0n) is 9.02. The van der Waals surface area contributed by atoms with Crippen molar-refractivity contribution in [1.29, 1.82) is 0 Å².